The second-order valence-corrected chi connectivity index (χ2v) is 4.96. The molecule has 1 heterocycles. The number of amides is 1. The zero-order valence-electron chi connectivity index (χ0n) is 8.26. The summed E-state index contributed by atoms with van der Waals surface area (Å²) in [6.45, 7) is 3.80. The molecule has 0 bridgehead atoms. The molecule has 0 radical (unpaired) electrons. The van der Waals surface area contributed by atoms with Crippen molar-refractivity contribution in [2.24, 2.45) is 5.73 Å². The minimum atomic E-state index is -0.607. The summed E-state index contributed by atoms with van der Waals surface area (Å²) in [5.41, 5.74) is 6.03. The maximum atomic E-state index is 11.6. The minimum Gasteiger partial charge on any atom is -0.317 e. The van der Waals surface area contributed by atoms with Crippen molar-refractivity contribution in [1.82, 2.24) is 4.98 Å². The molecule has 3 N–H and O–H groups in total. The zero-order valence-corrected chi connectivity index (χ0v) is 9.07. The molecule has 1 amide bonds. The van der Waals surface area contributed by atoms with E-state index in [-0.39, 0.29) is 5.91 Å². The van der Waals surface area contributed by atoms with Gasteiger partial charge in [-0.3, -0.25) is 4.79 Å². The Morgan fingerprint density at radius 2 is 2.21 bits per heavy atom. The van der Waals surface area contributed by atoms with Gasteiger partial charge in [-0.15, -0.1) is 11.3 Å². The number of carbonyl (C=O) groups is 1. The van der Waals surface area contributed by atoms with Crippen molar-refractivity contribution in [3.63, 3.8) is 0 Å². The van der Waals surface area contributed by atoms with Crippen LogP contribution in [0.2, 0.25) is 0 Å². The number of aromatic nitrogens is 1. The minimum absolute atomic E-state index is 0.0794. The van der Waals surface area contributed by atoms with Crippen LogP contribution < -0.4 is 11.1 Å². The molecule has 0 spiro atoms. The molecular formula is C9H13N3OS. The van der Waals surface area contributed by atoms with Gasteiger partial charge in [-0.25, -0.2) is 4.98 Å². The first-order valence-electron chi connectivity index (χ1n) is 4.56. The van der Waals surface area contributed by atoms with Gasteiger partial charge in [-0.1, -0.05) is 0 Å². The quantitative estimate of drug-likeness (QED) is 0.772. The largest absolute Gasteiger partial charge is 0.317 e. The molecule has 1 aliphatic carbocycles. The molecule has 1 aromatic heterocycles. The highest BCUT2D eigenvalue weighted by atomic mass is 32.1. The predicted molar refractivity (Wildman–Crippen MR) is 56.4 cm³/mol. The van der Waals surface area contributed by atoms with Crippen LogP contribution >= 0.6 is 11.3 Å². The number of carbonyl (C=O) groups excluding carboxylic acids is 1. The van der Waals surface area contributed by atoms with E-state index in [0.29, 0.717) is 0 Å². The lowest BCUT2D eigenvalue weighted by Crippen LogP contribution is -2.37. The second-order valence-electron chi connectivity index (χ2n) is 3.76. The van der Waals surface area contributed by atoms with E-state index in [4.69, 9.17) is 5.73 Å². The first kappa shape index (κ1) is 9.61. The summed E-state index contributed by atoms with van der Waals surface area (Å²) in [4.78, 5) is 15.8. The molecule has 0 aliphatic heterocycles. The smallest absolute Gasteiger partial charge is 0.245 e. The van der Waals surface area contributed by atoms with Gasteiger partial charge in [0, 0.05) is 0 Å². The highest BCUT2D eigenvalue weighted by Gasteiger charge is 2.46. The number of hydrogen-bond donors (Lipinski definition) is 2. The molecule has 0 saturated heterocycles. The van der Waals surface area contributed by atoms with Crippen molar-refractivity contribution in [3.8, 4) is 0 Å². The summed E-state index contributed by atoms with van der Waals surface area (Å²) < 4.78 is 0. The maximum absolute atomic E-state index is 11.6. The van der Waals surface area contributed by atoms with Gasteiger partial charge in [0.05, 0.1) is 16.2 Å². The number of nitrogens with one attached hydrogen (secondary N) is 1. The van der Waals surface area contributed by atoms with Gasteiger partial charge in [0.1, 0.15) is 5.00 Å². The molecule has 0 unspecified atom stereocenters. The van der Waals surface area contributed by atoms with E-state index in [1.807, 2.05) is 13.8 Å². The first-order chi connectivity index (χ1) is 6.51. The third-order valence-corrected chi connectivity index (χ3v) is 3.36. The summed E-state index contributed by atoms with van der Waals surface area (Å²) in [5, 5.41) is 4.61. The molecule has 0 atom stereocenters. The van der Waals surface area contributed by atoms with Crippen LogP contribution in [0.4, 0.5) is 5.00 Å². The highest BCUT2D eigenvalue weighted by Crippen LogP contribution is 2.34. The van der Waals surface area contributed by atoms with Crippen LogP contribution in [0, 0.1) is 13.8 Å². The number of hydrogen-bond acceptors (Lipinski definition) is 4. The topological polar surface area (TPSA) is 68.0 Å². The molecule has 1 aromatic rings. The van der Waals surface area contributed by atoms with E-state index >= 15 is 0 Å². The van der Waals surface area contributed by atoms with Crippen molar-refractivity contribution in [1.29, 1.82) is 0 Å². The van der Waals surface area contributed by atoms with Crippen LogP contribution in [0.15, 0.2) is 0 Å². The van der Waals surface area contributed by atoms with Crippen LogP contribution in [-0.4, -0.2) is 16.4 Å². The molecule has 1 aliphatic rings. The van der Waals surface area contributed by atoms with E-state index in [9.17, 15) is 4.79 Å². The molecule has 5 heteroatoms. The number of aryl methyl sites for hydroxylation is 2. The number of nitrogens with zero attached hydrogens (tertiary/aromatic N) is 1. The summed E-state index contributed by atoms with van der Waals surface area (Å²) in [6.07, 6.45) is 1.57. The zero-order chi connectivity index (χ0) is 10.3. The molecule has 1 saturated carbocycles. The number of rotatable bonds is 2. The van der Waals surface area contributed by atoms with Crippen molar-refractivity contribution in [2.45, 2.75) is 32.2 Å². The Morgan fingerprint density at radius 1 is 1.57 bits per heavy atom. The lowest BCUT2D eigenvalue weighted by atomic mass is 10.3. The predicted octanol–water partition coefficient (Wildman–Crippen LogP) is 1.19. The Balaban J connectivity index is 2.11. The number of nitrogens with two attached hydrogens (primary N) is 1. The lowest BCUT2D eigenvalue weighted by Gasteiger charge is -2.08. The van der Waals surface area contributed by atoms with Gasteiger partial charge < -0.3 is 11.1 Å². The standard InChI is InChI=1S/C9H13N3OS/c1-5-7(14-6(2)11-5)12-8(13)9(10)3-4-9/h3-4,10H2,1-2H3,(H,12,13). The average Bonchev–Trinajstić information content (AvgIpc) is 2.76. The molecule has 76 valence electrons. The fourth-order valence-corrected chi connectivity index (χ4v) is 2.05. The van der Waals surface area contributed by atoms with E-state index in [1.54, 1.807) is 0 Å². The van der Waals surface area contributed by atoms with Crippen LogP contribution in [0.25, 0.3) is 0 Å². The van der Waals surface area contributed by atoms with Gasteiger partial charge in [-0.2, -0.15) is 0 Å². The van der Waals surface area contributed by atoms with Crippen molar-refractivity contribution in [2.75, 3.05) is 5.32 Å². The summed E-state index contributed by atoms with van der Waals surface area (Å²) in [7, 11) is 0. The van der Waals surface area contributed by atoms with Gasteiger partial charge in [0.25, 0.3) is 0 Å². The van der Waals surface area contributed by atoms with E-state index in [1.165, 1.54) is 11.3 Å². The first-order valence-corrected chi connectivity index (χ1v) is 5.37. The van der Waals surface area contributed by atoms with Crippen molar-refractivity contribution < 1.29 is 4.79 Å². The maximum Gasteiger partial charge on any atom is 0.245 e. The molecule has 14 heavy (non-hydrogen) atoms. The average molecular weight is 211 g/mol. The Morgan fingerprint density at radius 3 is 2.64 bits per heavy atom. The molecule has 4 nitrogen and oxygen atoms in total. The highest BCUT2D eigenvalue weighted by molar-refractivity contribution is 7.16. The Hall–Kier alpha value is -0.940. The second kappa shape index (κ2) is 3.03. The fraction of sp³-hybridized carbons (Fsp3) is 0.556. The van der Waals surface area contributed by atoms with E-state index in [0.717, 1.165) is 28.5 Å². The van der Waals surface area contributed by atoms with Crippen LogP contribution in [0.3, 0.4) is 0 Å². The summed E-state index contributed by atoms with van der Waals surface area (Å²) in [5.74, 6) is -0.0794. The van der Waals surface area contributed by atoms with Crippen molar-refractivity contribution in [3.05, 3.63) is 10.7 Å². The van der Waals surface area contributed by atoms with Gasteiger partial charge in [0.15, 0.2) is 0 Å². The monoisotopic (exact) mass is 211 g/mol. The van der Waals surface area contributed by atoms with Crippen LogP contribution in [0.1, 0.15) is 23.5 Å². The van der Waals surface area contributed by atoms with Gasteiger partial charge in [0.2, 0.25) is 5.91 Å². The molecular weight excluding hydrogens is 198 g/mol. The normalized spacial score (nSPS) is 17.9. The van der Waals surface area contributed by atoms with E-state index < -0.39 is 5.54 Å². The van der Waals surface area contributed by atoms with Crippen LogP contribution in [0.5, 0.6) is 0 Å². The summed E-state index contributed by atoms with van der Waals surface area (Å²) in [6, 6.07) is 0. The Labute approximate surface area is 86.5 Å². The van der Waals surface area contributed by atoms with Gasteiger partial charge in [-0.05, 0) is 26.7 Å². The SMILES string of the molecule is Cc1nc(C)c(NC(=O)C2(N)CC2)s1. The van der Waals surface area contributed by atoms with E-state index in [2.05, 4.69) is 10.3 Å². The van der Waals surface area contributed by atoms with Gasteiger partial charge >= 0.3 is 0 Å². The number of thiazole rings is 1. The molecule has 2 rings (SSSR count). The Bertz CT molecular complexity index is 381. The third kappa shape index (κ3) is 1.65. The fourth-order valence-electron chi connectivity index (χ4n) is 1.24. The molecule has 1 fully saturated rings. The van der Waals surface area contributed by atoms with Crippen molar-refractivity contribution >= 4 is 22.2 Å². The lowest BCUT2D eigenvalue weighted by molar-refractivity contribution is -0.118. The Kier molecular flexibility index (Phi) is 2.08. The van der Waals surface area contributed by atoms with Crippen LogP contribution in [-0.2, 0) is 4.79 Å². The molecule has 0 aromatic carbocycles. The number of anilines is 1. The third-order valence-electron chi connectivity index (χ3n) is 2.37. The summed E-state index contributed by atoms with van der Waals surface area (Å²) >= 11 is 1.49.